The molecule has 0 radical (unpaired) electrons. The van der Waals surface area contributed by atoms with Crippen LogP contribution in [0.25, 0.3) is 0 Å². The van der Waals surface area contributed by atoms with E-state index in [1.807, 2.05) is 0 Å². The molecule has 2 bridgehead atoms. The maximum absolute atomic E-state index is 9.91. The lowest BCUT2D eigenvalue weighted by Crippen LogP contribution is -2.56. The number of aliphatic hydroxyl groups is 1. The molecule has 1 aliphatic carbocycles. The molecular formula is C17H30O2. The molecule has 0 amide bonds. The average Bonchev–Trinajstić information content (AvgIpc) is 2.38. The summed E-state index contributed by atoms with van der Waals surface area (Å²) in [6.45, 7) is 10.0. The van der Waals surface area contributed by atoms with E-state index >= 15 is 0 Å². The van der Waals surface area contributed by atoms with Gasteiger partial charge in [0, 0.05) is 11.3 Å². The second-order valence-electron chi connectivity index (χ2n) is 6.75. The first-order valence-electron chi connectivity index (χ1n) is 7.97. The van der Waals surface area contributed by atoms with Crippen LogP contribution in [0.4, 0.5) is 0 Å². The highest BCUT2D eigenvalue weighted by Crippen LogP contribution is 2.52. The first-order chi connectivity index (χ1) is 9.06. The quantitative estimate of drug-likeness (QED) is 0.606. The zero-order valence-corrected chi connectivity index (χ0v) is 13.0. The van der Waals surface area contributed by atoms with Crippen LogP contribution in [-0.2, 0) is 4.74 Å². The molecule has 2 rings (SSSR count). The molecule has 5 atom stereocenters. The first-order valence-corrected chi connectivity index (χ1v) is 7.97. The monoisotopic (exact) mass is 266 g/mol. The minimum absolute atomic E-state index is 0.0502. The molecule has 2 nitrogen and oxygen atoms in total. The van der Waals surface area contributed by atoms with Gasteiger partial charge in [-0.3, -0.25) is 0 Å². The van der Waals surface area contributed by atoms with E-state index in [2.05, 4.69) is 33.8 Å². The predicted octanol–water partition coefficient (Wildman–Crippen LogP) is 3.79. The van der Waals surface area contributed by atoms with Crippen LogP contribution in [0.2, 0.25) is 0 Å². The molecule has 1 fully saturated rings. The minimum Gasteiger partial charge on any atom is -0.396 e. The number of hydrogen-bond donors (Lipinski definition) is 1. The number of aliphatic hydroxyl groups excluding tert-OH is 1. The van der Waals surface area contributed by atoms with Gasteiger partial charge >= 0.3 is 0 Å². The fraction of sp³-hybridized carbons (Fsp3) is 0.882. The normalized spacial score (nSPS) is 42.1. The lowest BCUT2D eigenvalue weighted by molar-refractivity contribution is -0.164. The molecular weight excluding hydrogens is 236 g/mol. The average molecular weight is 266 g/mol. The second-order valence-corrected chi connectivity index (χ2v) is 6.75. The summed E-state index contributed by atoms with van der Waals surface area (Å²) in [6.07, 6.45) is 7.74. The Kier molecular flexibility index (Phi) is 4.73. The molecule has 1 saturated heterocycles. The van der Waals surface area contributed by atoms with Gasteiger partial charge in [-0.05, 0) is 25.2 Å². The second kappa shape index (κ2) is 5.97. The zero-order valence-electron chi connectivity index (χ0n) is 13.0. The number of ether oxygens (including phenoxy) is 1. The van der Waals surface area contributed by atoms with Crippen LogP contribution < -0.4 is 0 Å². The fourth-order valence-electron chi connectivity index (χ4n) is 4.27. The van der Waals surface area contributed by atoms with Crippen molar-refractivity contribution in [3.05, 3.63) is 11.6 Å². The van der Waals surface area contributed by atoms with E-state index in [1.165, 1.54) is 31.3 Å². The van der Waals surface area contributed by atoms with Gasteiger partial charge in [-0.25, -0.2) is 0 Å². The van der Waals surface area contributed by atoms with Gasteiger partial charge < -0.3 is 9.84 Å². The molecule has 0 spiro atoms. The van der Waals surface area contributed by atoms with Crippen molar-refractivity contribution in [1.82, 2.24) is 0 Å². The number of fused-ring (bicyclic) bond motifs is 2. The first kappa shape index (κ1) is 15.1. The molecule has 2 aliphatic rings. The van der Waals surface area contributed by atoms with Crippen molar-refractivity contribution in [3.8, 4) is 0 Å². The fourth-order valence-corrected chi connectivity index (χ4v) is 4.27. The van der Waals surface area contributed by atoms with Crippen molar-refractivity contribution < 1.29 is 9.84 Å². The van der Waals surface area contributed by atoms with E-state index in [9.17, 15) is 5.11 Å². The van der Waals surface area contributed by atoms with E-state index in [4.69, 9.17) is 4.74 Å². The Hall–Kier alpha value is -0.340. The third-order valence-corrected chi connectivity index (χ3v) is 5.74. The summed E-state index contributed by atoms with van der Waals surface area (Å²) < 4.78 is 6.20. The number of unbranched alkanes of at least 4 members (excludes halogenated alkanes) is 2. The van der Waals surface area contributed by atoms with Gasteiger partial charge in [-0.1, -0.05) is 51.7 Å². The van der Waals surface area contributed by atoms with Gasteiger partial charge in [-0.2, -0.15) is 0 Å². The van der Waals surface area contributed by atoms with E-state index in [-0.39, 0.29) is 12.0 Å². The van der Waals surface area contributed by atoms with Crippen LogP contribution in [0.3, 0.4) is 0 Å². The standard InChI is InChI=1S/C17H30O2/c1-5-6-7-8-15-16-12(2)9-13(3)17(10-18,11-19-15)14(16)4/h9,13-16,18H,5-8,10-11H2,1-4H3/t13-,14+,15-,16+,17-/m1/s1. The van der Waals surface area contributed by atoms with Crippen molar-refractivity contribution >= 4 is 0 Å². The van der Waals surface area contributed by atoms with Gasteiger partial charge in [0.05, 0.1) is 19.3 Å². The molecule has 0 aromatic carbocycles. The number of hydrogen-bond acceptors (Lipinski definition) is 2. The predicted molar refractivity (Wildman–Crippen MR) is 79.0 cm³/mol. The van der Waals surface area contributed by atoms with E-state index < -0.39 is 0 Å². The molecule has 1 aliphatic heterocycles. The molecule has 1 N–H and O–H groups in total. The van der Waals surface area contributed by atoms with Crippen LogP contribution in [0.1, 0.15) is 53.4 Å². The summed E-state index contributed by atoms with van der Waals surface area (Å²) in [6, 6.07) is 0. The van der Waals surface area contributed by atoms with E-state index in [1.54, 1.807) is 0 Å². The molecule has 19 heavy (non-hydrogen) atoms. The minimum atomic E-state index is -0.0502. The lowest BCUT2D eigenvalue weighted by Gasteiger charge is -2.55. The Morgan fingerprint density at radius 3 is 2.74 bits per heavy atom. The molecule has 110 valence electrons. The molecule has 1 heterocycles. The Morgan fingerprint density at radius 1 is 1.37 bits per heavy atom. The van der Waals surface area contributed by atoms with Gasteiger partial charge in [0.15, 0.2) is 0 Å². The van der Waals surface area contributed by atoms with Crippen LogP contribution in [0, 0.1) is 23.2 Å². The summed E-state index contributed by atoms with van der Waals surface area (Å²) in [4.78, 5) is 0. The Labute approximate surface area is 118 Å². The lowest BCUT2D eigenvalue weighted by atomic mass is 9.56. The summed E-state index contributed by atoms with van der Waals surface area (Å²) in [5.41, 5.74) is 1.43. The summed E-state index contributed by atoms with van der Waals surface area (Å²) in [7, 11) is 0. The van der Waals surface area contributed by atoms with Gasteiger partial charge in [0.1, 0.15) is 0 Å². The molecule has 0 aromatic heterocycles. The highest BCUT2D eigenvalue weighted by molar-refractivity contribution is 5.20. The molecule has 0 aromatic rings. The van der Waals surface area contributed by atoms with Gasteiger partial charge in [-0.15, -0.1) is 0 Å². The van der Waals surface area contributed by atoms with Crippen molar-refractivity contribution in [2.75, 3.05) is 13.2 Å². The highest BCUT2D eigenvalue weighted by Gasteiger charge is 2.52. The van der Waals surface area contributed by atoms with Crippen LogP contribution in [0.5, 0.6) is 0 Å². The number of rotatable bonds is 5. The molecule has 0 saturated carbocycles. The third-order valence-electron chi connectivity index (χ3n) is 5.74. The summed E-state index contributed by atoms with van der Waals surface area (Å²) in [5, 5.41) is 9.91. The van der Waals surface area contributed by atoms with Gasteiger partial charge in [0.25, 0.3) is 0 Å². The molecule has 0 unspecified atom stereocenters. The van der Waals surface area contributed by atoms with Crippen LogP contribution in [0.15, 0.2) is 11.6 Å². The maximum atomic E-state index is 9.91. The summed E-state index contributed by atoms with van der Waals surface area (Å²) in [5.74, 6) is 1.45. The Balaban J connectivity index is 2.17. The topological polar surface area (TPSA) is 29.5 Å². The van der Waals surface area contributed by atoms with Crippen molar-refractivity contribution in [3.63, 3.8) is 0 Å². The van der Waals surface area contributed by atoms with Crippen molar-refractivity contribution in [2.45, 2.75) is 59.5 Å². The number of allylic oxidation sites excluding steroid dienone is 1. The highest BCUT2D eigenvalue weighted by atomic mass is 16.5. The Bertz CT molecular complexity index is 336. The maximum Gasteiger partial charge on any atom is 0.0643 e. The van der Waals surface area contributed by atoms with Crippen LogP contribution in [-0.4, -0.2) is 24.4 Å². The SMILES string of the molecule is CCCCC[C@H]1OC[C@]2(CO)[C@H](C)C=C(C)[C@H]1[C@@H]2C. The van der Waals surface area contributed by atoms with E-state index in [0.29, 0.717) is 23.9 Å². The van der Waals surface area contributed by atoms with Gasteiger partial charge in [0.2, 0.25) is 0 Å². The Morgan fingerprint density at radius 2 is 2.11 bits per heavy atom. The van der Waals surface area contributed by atoms with Crippen molar-refractivity contribution in [2.24, 2.45) is 23.2 Å². The largest absolute Gasteiger partial charge is 0.396 e. The third kappa shape index (κ3) is 2.50. The molecule has 2 heteroatoms. The van der Waals surface area contributed by atoms with Crippen LogP contribution >= 0.6 is 0 Å². The smallest absolute Gasteiger partial charge is 0.0643 e. The van der Waals surface area contributed by atoms with Crippen molar-refractivity contribution in [1.29, 1.82) is 0 Å². The summed E-state index contributed by atoms with van der Waals surface area (Å²) >= 11 is 0. The zero-order chi connectivity index (χ0) is 14.0. The van der Waals surface area contributed by atoms with E-state index in [0.717, 1.165) is 6.61 Å².